The molecule has 0 unspecified atom stereocenters. The molecular weight excluding hydrogens is 365 g/mol. The van der Waals surface area contributed by atoms with Gasteiger partial charge in [0.15, 0.2) is 0 Å². The Hall–Kier alpha value is -1.54. The van der Waals surface area contributed by atoms with Crippen LogP contribution in [0.1, 0.15) is 15.3 Å². The highest BCUT2D eigenvalue weighted by molar-refractivity contribution is 7.88. The molecule has 7 heteroatoms. The van der Waals surface area contributed by atoms with Crippen LogP contribution in [0.5, 0.6) is 0 Å². The minimum absolute atomic E-state index is 0.207. The third-order valence-corrected chi connectivity index (χ3v) is 6.92. The van der Waals surface area contributed by atoms with E-state index in [2.05, 4.69) is 0 Å². The van der Waals surface area contributed by atoms with Crippen molar-refractivity contribution in [3.05, 3.63) is 80.4 Å². The molecule has 3 aromatic rings. The summed E-state index contributed by atoms with van der Waals surface area (Å²) in [5.41, 5.74) is 0.456. The minimum Gasteiger partial charge on any atom is -0.212 e. The Morgan fingerprint density at radius 2 is 1.54 bits per heavy atom. The van der Waals surface area contributed by atoms with Crippen molar-refractivity contribution >= 4 is 32.7 Å². The number of halogens is 1. The zero-order valence-corrected chi connectivity index (χ0v) is 15.2. The van der Waals surface area contributed by atoms with Crippen molar-refractivity contribution in [2.45, 2.75) is 18.8 Å². The summed E-state index contributed by atoms with van der Waals surface area (Å²) in [4.78, 5) is 1.96. The molecule has 0 saturated heterocycles. The lowest BCUT2D eigenvalue weighted by molar-refractivity contribution is 0.406. The van der Waals surface area contributed by atoms with Crippen LogP contribution in [0.4, 0.5) is 4.39 Å². The summed E-state index contributed by atoms with van der Waals surface area (Å²) < 4.78 is 40.6. The third kappa shape index (κ3) is 4.51. The predicted molar refractivity (Wildman–Crippen MR) is 96.9 cm³/mol. The number of hydrogen-bond acceptors (Lipinski definition) is 4. The summed E-state index contributed by atoms with van der Waals surface area (Å²) in [5.74, 6) is -0.632. The van der Waals surface area contributed by atoms with Crippen LogP contribution in [0.3, 0.4) is 0 Å². The van der Waals surface area contributed by atoms with Gasteiger partial charge in [0, 0.05) is 22.8 Å². The fraction of sp³-hybridized carbons (Fsp3) is 0.176. The summed E-state index contributed by atoms with van der Waals surface area (Å²) in [5, 5.41) is 3.86. The van der Waals surface area contributed by atoms with E-state index in [4.69, 9.17) is 0 Å². The molecule has 0 spiro atoms. The molecule has 0 aliphatic rings. The normalized spacial score (nSPS) is 11.9. The lowest BCUT2D eigenvalue weighted by Crippen LogP contribution is -2.30. The van der Waals surface area contributed by atoms with Gasteiger partial charge < -0.3 is 0 Å². The summed E-state index contributed by atoms with van der Waals surface area (Å²) in [6, 6.07) is 13.4. The molecule has 3 nitrogen and oxygen atoms in total. The van der Waals surface area contributed by atoms with E-state index in [1.54, 1.807) is 6.07 Å². The third-order valence-electron chi connectivity index (χ3n) is 3.46. The number of rotatable bonds is 7. The van der Waals surface area contributed by atoms with Gasteiger partial charge in [-0.3, -0.25) is 0 Å². The van der Waals surface area contributed by atoms with E-state index >= 15 is 0 Å². The van der Waals surface area contributed by atoms with Crippen LogP contribution in [0.25, 0.3) is 0 Å². The van der Waals surface area contributed by atoms with E-state index in [1.165, 1.54) is 45.2 Å². The molecule has 0 aliphatic heterocycles. The van der Waals surface area contributed by atoms with Crippen molar-refractivity contribution in [2.24, 2.45) is 0 Å². The fourth-order valence-electron chi connectivity index (χ4n) is 2.33. The van der Waals surface area contributed by atoms with Gasteiger partial charge in [-0.2, -0.15) is 4.31 Å². The van der Waals surface area contributed by atoms with Crippen molar-refractivity contribution in [3.8, 4) is 0 Å². The average Bonchev–Trinajstić information content (AvgIpc) is 3.19. The number of nitrogens with zero attached hydrogens (tertiary/aromatic N) is 1. The Morgan fingerprint density at radius 3 is 2.04 bits per heavy atom. The van der Waals surface area contributed by atoms with Crippen molar-refractivity contribution in [1.82, 2.24) is 4.31 Å². The lowest BCUT2D eigenvalue weighted by Gasteiger charge is -2.21. The van der Waals surface area contributed by atoms with E-state index in [9.17, 15) is 12.8 Å². The van der Waals surface area contributed by atoms with Crippen LogP contribution in [-0.4, -0.2) is 12.7 Å². The highest BCUT2D eigenvalue weighted by Gasteiger charge is 2.24. The number of benzene rings is 1. The van der Waals surface area contributed by atoms with Gasteiger partial charge in [0.05, 0.1) is 5.75 Å². The van der Waals surface area contributed by atoms with Gasteiger partial charge in [-0.05, 0) is 40.6 Å². The number of thiophene rings is 2. The maximum atomic E-state index is 13.3. The number of hydrogen-bond donors (Lipinski definition) is 0. The van der Waals surface area contributed by atoms with E-state index in [0.717, 1.165) is 9.75 Å². The Labute approximate surface area is 149 Å². The van der Waals surface area contributed by atoms with Crippen molar-refractivity contribution < 1.29 is 12.8 Å². The van der Waals surface area contributed by atoms with Crippen molar-refractivity contribution in [1.29, 1.82) is 0 Å². The second kappa shape index (κ2) is 7.57. The summed E-state index contributed by atoms with van der Waals surface area (Å²) in [7, 11) is -3.56. The molecule has 3 rings (SSSR count). The molecule has 2 aromatic heterocycles. The van der Waals surface area contributed by atoms with Gasteiger partial charge in [0.1, 0.15) is 5.82 Å². The van der Waals surface area contributed by atoms with Gasteiger partial charge >= 0.3 is 0 Å². The largest absolute Gasteiger partial charge is 0.218 e. The van der Waals surface area contributed by atoms with Crippen LogP contribution in [-0.2, 0) is 28.9 Å². The Balaban J connectivity index is 1.84. The Morgan fingerprint density at radius 1 is 0.917 bits per heavy atom. The molecule has 0 amide bonds. The van der Waals surface area contributed by atoms with Crippen molar-refractivity contribution in [3.63, 3.8) is 0 Å². The molecule has 24 heavy (non-hydrogen) atoms. The zero-order chi connectivity index (χ0) is 17.0. The smallest absolute Gasteiger partial charge is 0.212 e. The maximum Gasteiger partial charge on any atom is 0.218 e. The standard InChI is InChI=1S/C17H16FNO2S3/c18-15-5-1-4-14(10-15)13-24(20,21)19(11-16-6-2-8-22-16)12-17-7-3-9-23-17/h1-10H,11-13H2. The van der Waals surface area contributed by atoms with Crippen LogP contribution < -0.4 is 0 Å². The molecule has 0 saturated carbocycles. The molecule has 0 radical (unpaired) electrons. The maximum absolute atomic E-state index is 13.3. The second-order valence-electron chi connectivity index (χ2n) is 5.31. The second-order valence-corrected chi connectivity index (χ2v) is 9.35. The molecule has 0 fully saturated rings. The van der Waals surface area contributed by atoms with Crippen molar-refractivity contribution in [2.75, 3.05) is 0 Å². The molecule has 1 aromatic carbocycles. The van der Waals surface area contributed by atoms with E-state index < -0.39 is 15.8 Å². The van der Waals surface area contributed by atoms with Gasteiger partial charge in [0.2, 0.25) is 10.0 Å². The first-order chi connectivity index (χ1) is 11.5. The molecule has 0 bridgehead atoms. The van der Waals surface area contributed by atoms with Gasteiger partial charge in [-0.25, -0.2) is 12.8 Å². The van der Waals surface area contributed by atoms with Gasteiger partial charge in [0.25, 0.3) is 0 Å². The number of sulfonamides is 1. The Bertz CT molecular complexity index is 838. The van der Waals surface area contributed by atoms with Crippen LogP contribution in [0.2, 0.25) is 0 Å². The highest BCUT2D eigenvalue weighted by Crippen LogP contribution is 2.22. The zero-order valence-electron chi connectivity index (χ0n) is 12.8. The monoisotopic (exact) mass is 381 g/mol. The topological polar surface area (TPSA) is 37.4 Å². The van der Waals surface area contributed by atoms with E-state index in [-0.39, 0.29) is 5.75 Å². The SMILES string of the molecule is O=S(=O)(Cc1cccc(F)c1)N(Cc1cccs1)Cc1cccs1. The average molecular weight is 382 g/mol. The van der Waals surface area contributed by atoms with Crippen LogP contribution in [0.15, 0.2) is 59.3 Å². The van der Waals surface area contributed by atoms with Gasteiger partial charge in [-0.1, -0.05) is 24.3 Å². The quantitative estimate of drug-likeness (QED) is 0.605. The first-order valence-electron chi connectivity index (χ1n) is 7.30. The lowest BCUT2D eigenvalue weighted by atomic mass is 10.2. The van der Waals surface area contributed by atoms with E-state index in [1.807, 2.05) is 35.0 Å². The van der Waals surface area contributed by atoms with E-state index in [0.29, 0.717) is 18.7 Å². The molecule has 0 aliphatic carbocycles. The summed E-state index contributed by atoms with van der Waals surface area (Å²) >= 11 is 3.05. The summed E-state index contributed by atoms with van der Waals surface area (Å²) in [6.45, 7) is 0.653. The summed E-state index contributed by atoms with van der Waals surface area (Å²) in [6.07, 6.45) is 0. The van der Waals surface area contributed by atoms with Crippen LogP contribution >= 0.6 is 22.7 Å². The molecule has 126 valence electrons. The minimum atomic E-state index is -3.56. The fourth-order valence-corrected chi connectivity index (χ4v) is 5.39. The van der Waals surface area contributed by atoms with Gasteiger partial charge in [-0.15, -0.1) is 22.7 Å². The van der Waals surface area contributed by atoms with Crippen LogP contribution in [0, 0.1) is 5.82 Å². The molecule has 2 heterocycles. The Kier molecular flexibility index (Phi) is 5.45. The highest BCUT2D eigenvalue weighted by atomic mass is 32.2. The molecular formula is C17H16FNO2S3. The molecule has 0 atom stereocenters. The first-order valence-corrected chi connectivity index (χ1v) is 10.7. The molecule has 0 N–H and O–H groups in total. The predicted octanol–water partition coefficient (Wildman–Crippen LogP) is 4.48. The first kappa shape index (κ1) is 17.3.